The van der Waals surface area contributed by atoms with Gasteiger partial charge in [-0.05, 0) is 58.6 Å². The summed E-state index contributed by atoms with van der Waals surface area (Å²) in [4.78, 5) is 9.24. The Kier molecular flexibility index (Phi) is 5.81. The highest BCUT2D eigenvalue weighted by molar-refractivity contribution is 5.69. The van der Waals surface area contributed by atoms with E-state index in [-0.39, 0.29) is 0 Å². The van der Waals surface area contributed by atoms with Gasteiger partial charge < -0.3 is 10.6 Å². The Morgan fingerprint density at radius 2 is 1.42 bits per heavy atom. The van der Waals surface area contributed by atoms with Gasteiger partial charge in [-0.15, -0.1) is 0 Å². The molecule has 130 valence electrons. The Morgan fingerprint density at radius 1 is 0.875 bits per heavy atom. The zero-order chi connectivity index (χ0) is 17.9. The molecule has 0 fully saturated rings. The third kappa shape index (κ3) is 4.05. The van der Waals surface area contributed by atoms with Crippen LogP contribution in [0.15, 0.2) is 12.1 Å². The molecule has 1 aromatic carbocycles. The molecule has 0 atom stereocenters. The van der Waals surface area contributed by atoms with Crippen LogP contribution < -0.4 is 10.6 Å². The lowest BCUT2D eigenvalue weighted by Crippen LogP contribution is -2.19. The minimum Gasteiger partial charge on any atom is -0.367 e. The summed E-state index contributed by atoms with van der Waals surface area (Å²) < 4.78 is 0. The standard InChI is InChI=1S/C20H30N4/c1-8-17(9-2)23-19-15(6)20(22-16(7)21-19)24-18-13(4)10-12(3)11-14(18)5/h10-11,17H,8-9H2,1-7H3,(H2,21,22,23,24). The third-order valence-electron chi connectivity index (χ3n) is 4.50. The van der Waals surface area contributed by atoms with Gasteiger partial charge in [0.25, 0.3) is 0 Å². The monoisotopic (exact) mass is 326 g/mol. The highest BCUT2D eigenvalue weighted by atomic mass is 15.1. The molecule has 1 heterocycles. The number of nitrogens with one attached hydrogen (secondary N) is 2. The van der Waals surface area contributed by atoms with Crippen molar-refractivity contribution in [3.05, 3.63) is 40.2 Å². The van der Waals surface area contributed by atoms with Crippen molar-refractivity contribution in [2.24, 2.45) is 0 Å². The first-order chi connectivity index (χ1) is 11.3. The van der Waals surface area contributed by atoms with Crippen molar-refractivity contribution >= 4 is 17.3 Å². The van der Waals surface area contributed by atoms with Crippen LogP contribution >= 0.6 is 0 Å². The van der Waals surface area contributed by atoms with Gasteiger partial charge in [-0.2, -0.15) is 0 Å². The summed E-state index contributed by atoms with van der Waals surface area (Å²) in [6.07, 6.45) is 2.16. The van der Waals surface area contributed by atoms with Crippen LogP contribution in [0.2, 0.25) is 0 Å². The van der Waals surface area contributed by atoms with Crippen molar-refractivity contribution in [1.82, 2.24) is 9.97 Å². The predicted molar refractivity (Wildman–Crippen MR) is 103 cm³/mol. The average Bonchev–Trinajstić information content (AvgIpc) is 2.52. The first-order valence-electron chi connectivity index (χ1n) is 8.82. The molecular weight excluding hydrogens is 296 g/mol. The van der Waals surface area contributed by atoms with Gasteiger partial charge >= 0.3 is 0 Å². The van der Waals surface area contributed by atoms with Crippen LogP contribution in [0.4, 0.5) is 17.3 Å². The van der Waals surface area contributed by atoms with Gasteiger partial charge in [0.1, 0.15) is 17.5 Å². The first-order valence-corrected chi connectivity index (χ1v) is 8.82. The molecule has 0 aliphatic rings. The van der Waals surface area contributed by atoms with E-state index in [1.807, 2.05) is 6.92 Å². The van der Waals surface area contributed by atoms with E-state index in [0.29, 0.717) is 6.04 Å². The van der Waals surface area contributed by atoms with Crippen molar-refractivity contribution < 1.29 is 0 Å². The lowest BCUT2D eigenvalue weighted by atomic mass is 10.0. The average molecular weight is 326 g/mol. The van der Waals surface area contributed by atoms with E-state index in [9.17, 15) is 0 Å². The molecule has 0 unspecified atom stereocenters. The lowest BCUT2D eigenvalue weighted by Gasteiger charge is -2.20. The number of hydrogen-bond donors (Lipinski definition) is 2. The van der Waals surface area contributed by atoms with Crippen molar-refractivity contribution in [3.63, 3.8) is 0 Å². The Labute approximate surface area is 146 Å². The fraction of sp³-hybridized carbons (Fsp3) is 0.500. The van der Waals surface area contributed by atoms with E-state index in [4.69, 9.17) is 0 Å². The Morgan fingerprint density at radius 3 is 1.96 bits per heavy atom. The van der Waals surface area contributed by atoms with Crippen LogP contribution in [0, 0.1) is 34.6 Å². The minimum atomic E-state index is 0.439. The fourth-order valence-corrected chi connectivity index (χ4v) is 3.07. The number of hydrogen-bond acceptors (Lipinski definition) is 4. The summed E-state index contributed by atoms with van der Waals surface area (Å²) in [5.41, 5.74) is 5.94. The molecule has 0 amide bonds. The molecule has 0 saturated heterocycles. The molecule has 4 heteroatoms. The zero-order valence-electron chi connectivity index (χ0n) is 16.0. The summed E-state index contributed by atoms with van der Waals surface area (Å²) in [6.45, 7) is 14.8. The normalized spacial score (nSPS) is 11.0. The van der Waals surface area contributed by atoms with Crippen molar-refractivity contribution in [1.29, 1.82) is 0 Å². The maximum atomic E-state index is 4.63. The number of benzene rings is 1. The summed E-state index contributed by atoms with van der Waals surface area (Å²) >= 11 is 0. The smallest absolute Gasteiger partial charge is 0.139 e. The molecule has 0 aliphatic heterocycles. The summed E-state index contributed by atoms with van der Waals surface area (Å²) in [7, 11) is 0. The number of rotatable bonds is 6. The number of nitrogens with zero attached hydrogens (tertiary/aromatic N) is 2. The first kappa shape index (κ1) is 18.2. The van der Waals surface area contributed by atoms with Crippen LogP contribution in [0.3, 0.4) is 0 Å². The Hall–Kier alpha value is -2.10. The highest BCUT2D eigenvalue weighted by Crippen LogP contribution is 2.29. The van der Waals surface area contributed by atoms with Gasteiger partial charge in [0.15, 0.2) is 0 Å². The molecule has 0 bridgehead atoms. The highest BCUT2D eigenvalue weighted by Gasteiger charge is 2.14. The van der Waals surface area contributed by atoms with Crippen LogP contribution in [-0.4, -0.2) is 16.0 Å². The van der Waals surface area contributed by atoms with E-state index >= 15 is 0 Å². The van der Waals surface area contributed by atoms with Gasteiger partial charge in [0.05, 0.1) is 0 Å². The molecule has 2 aromatic rings. The molecule has 0 saturated carbocycles. The second-order valence-electron chi connectivity index (χ2n) is 6.65. The van der Waals surface area contributed by atoms with E-state index in [2.05, 4.69) is 74.3 Å². The molecular formula is C20H30N4. The van der Waals surface area contributed by atoms with E-state index in [1.165, 1.54) is 16.7 Å². The minimum absolute atomic E-state index is 0.439. The molecule has 0 radical (unpaired) electrons. The predicted octanol–water partition coefficient (Wildman–Crippen LogP) is 5.36. The summed E-state index contributed by atoms with van der Waals surface area (Å²) in [6, 6.07) is 4.83. The second kappa shape index (κ2) is 7.65. The Bertz CT molecular complexity index is 695. The Balaban J connectivity index is 2.39. The van der Waals surface area contributed by atoms with Crippen molar-refractivity contribution in [3.8, 4) is 0 Å². The maximum Gasteiger partial charge on any atom is 0.139 e. The van der Waals surface area contributed by atoms with Gasteiger partial charge in [-0.25, -0.2) is 9.97 Å². The van der Waals surface area contributed by atoms with Crippen molar-refractivity contribution in [2.45, 2.75) is 67.3 Å². The van der Waals surface area contributed by atoms with E-state index < -0.39 is 0 Å². The zero-order valence-corrected chi connectivity index (χ0v) is 16.0. The molecule has 1 aromatic heterocycles. The van der Waals surface area contributed by atoms with E-state index in [1.54, 1.807) is 0 Å². The van der Waals surface area contributed by atoms with Crippen LogP contribution in [-0.2, 0) is 0 Å². The molecule has 2 N–H and O–H groups in total. The van der Waals surface area contributed by atoms with Gasteiger partial charge in [0, 0.05) is 17.3 Å². The van der Waals surface area contributed by atoms with Crippen LogP contribution in [0.5, 0.6) is 0 Å². The van der Waals surface area contributed by atoms with Crippen LogP contribution in [0.1, 0.15) is 54.8 Å². The van der Waals surface area contributed by atoms with E-state index in [0.717, 1.165) is 41.6 Å². The number of aromatic nitrogens is 2. The van der Waals surface area contributed by atoms with Crippen LogP contribution in [0.25, 0.3) is 0 Å². The lowest BCUT2D eigenvalue weighted by molar-refractivity contribution is 0.667. The quantitative estimate of drug-likeness (QED) is 0.750. The summed E-state index contributed by atoms with van der Waals surface area (Å²) in [5, 5.41) is 7.10. The number of aryl methyl sites for hydroxylation is 4. The molecule has 0 spiro atoms. The van der Waals surface area contributed by atoms with Gasteiger partial charge in [-0.1, -0.05) is 31.5 Å². The topological polar surface area (TPSA) is 49.8 Å². The van der Waals surface area contributed by atoms with Gasteiger partial charge in [-0.3, -0.25) is 0 Å². The molecule has 0 aliphatic carbocycles. The molecule has 2 rings (SSSR count). The fourth-order valence-electron chi connectivity index (χ4n) is 3.07. The second-order valence-corrected chi connectivity index (χ2v) is 6.65. The van der Waals surface area contributed by atoms with Crippen molar-refractivity contribution in [2.75, 3.05) is 10.6 Å². The third-order valence-corrected chi connectivity index (χ3v) is 4.50. The molecule has 4 nitrogen and oxygen atoms in total. The maximum absolute atomic E-state index is 4.63. The van der Waals surface area contributed by atoms with Gasteiger partial charge in [0.2, 0.25) is 0 Å². The SMILES string of the molecule is CCC(CC)Nc1nc(C)nc(Nc2c(C)cc(C)cc2C)c1C. The number of anilines is 3. The largest absolute Gasteiger partial charge is 0.367 e. The summed E-state index contributed by atoms with van der Waals surface area (Å²) in [5.74, 6) is 2.59. The molecule has 24 heavy (non-hydrogen) atoms.